The van der Waals surface area contributed by atoms with Crippen molar-refractivity contribution in [1.82, 2.24) is 14.9 Å². The number of nitrogens with two attached hydrogens (primary N) is 1. The van der Waals surface area contributed by atoms with Crippen LogP contribution in [0.15, 0.2) is 42.7 Å². The molecule has 1 amide bonds. The lowest BCUT2D eigenvalue weighted by Gasteiger charge is -2.16. The number of amides is 1. The van der Waals surface area contributed by atoms with Crippen molar-refractivity contribution < 1.29 is 4.79 Å². The molecule has 2 aromatic rings. The van der Waals surface area contributed by atoms with E-state index in [1.54, 1.807) is 12.4 Å². The van der Waals surface area contributed by atoms with Crippen molar-refractivity contribution in [1.29, 1.82) is 0 Å². The molecule has 2 heterocycles. The Labute approximate surface area is 130 Å². The zero-order valence-electron chi connectivity index (χ0n) is 12.6. The molecule has 1 aromatic carbocycles. The second-order valence-electron chi connectivity index (χ2n) is 5.77. The molecule has 0 unspecified atom stereocenters. The average Bonchev–Trinajstić information content (AvgIpc) is 3.00. The van der Waals surface area contributed by atoms with Crippen LogP contribution in [0.5, 0.6) is 0 Å². The average molecular weight is 296 g/mol. The first-order valence-electron chi connectivity index (χ1n) is 7.52. The van der Waals surface area contributed by atoms with E-state index in [9.17, 15) is 4.79 Å². The van der Waals surface area contributed by atoms with Crippen molar-refractivity contribution in [3.05, 3.63) is 59.7 Å². The summed E-state index contributed by atoms with van der Waals surface area (Å²) in [7, 11) is 0. The molecule has 0 spiro atoms. The first kappa shape index (κ1) is 14.7. The summed E-state index contributed by atoms with van der Waals surface area (Å²) >= 11 is 0. The number of carbonyl (C=O) groups is 1. The Morgan fingerprint density at radius 2 is 2.00 bits per heavy atom. The Bertz CT molecular complexity index is 641. The van der Waals surface area contributed by atoms with Crippen LogP contribution in [0.1, 0.15) is 27.7 Å². The molecule has 5 nitrogen and oxygen atoms in total. The van der Waals surface area contributed by atoms with Crippen molar-refractivity contribution in [3.63, 3.8) is 0 Å². The van der Waals surface area contributed by atoms with Gasteiger partial charge in [0, 0.05) is 25.2 Å². The normalized spacial score (nSPS) is 21.1. The lowest BCUT2D eigenvalue weighted by atomic mass is 9.89. The van der Waals surface area contributed by atoms with Gasteiger partial charge < -0.3 is 10.6 Å². The summed E-state index contributed by atoms with van der Waals surface area (Å²) in [6, 6.07) is 10.3. The van der Waals surface area contributed by atoms with E-state index in [0.717, 1.165) is 5.69 Å². The number of hydrogen-bond donors (Lipinski definition) is 1. The molecule has 1 fully saturated rings. The molecule has 114 valence electrons. The minimum absolute atomic E-state index is 0.0654. The summed E-state index contributed by atoms with van der Waals surface area (Å²) in [6.07, 6.45) is 3.17. The second-order valence-corrected chi connectivity index (χ2v) is 5.77. The van der Waals surface area contributed by atoms with Crippen LogP contribution in [-0.2, 0) is 0 Å². The molecule has 0 radical (unpaired) electrons. The summed E-state index contributed by atoms with van der Waals surface area (Å²) in [4.78, 5) is 22.8. The van der Waals surface area contributed by atoms with E-state index in [0.29, 0.717) is 25.3 Å². The maximum atomic E-state index is 12.6. The predicted octanol–water partition coefficient (Wildman–Crippen LogP) is 1.60. The number of aromatic nitrogens is 2. The Hall–Kier alpha value is -2.27. The number of rotatable bonds is 3. The number of carbonyl (C=O) groups excluding carboxylic acids is 1. The second kappa shape index (κ2) is 6.23. The zero-order valence-corrected chi connectivity index (χ0v) is 12.6. The largest absolute Gasteiger partial charge is 0.336 e. The van der Waals surface area contributed by atoms with E-state index in [1.807, 2.05) is 30.0 Å². The molecular formula is C17H20N4O. The smallest absolute Gasteiger partial charge is 0.274 e. The molecule has 1 saturated heterocycles. The molecule has 0 bridgehead atoms. The molecule has 1 aromatic heterocycles. The van der Waals surface area contributed by atoms with E-state index < -0.39 is 0 Å². The van der Waals surface area contributed by atoms with E-state index in [2.05, 4.69) is 22.1 Å². The number of nitrogens with zero attached hydrogens (tertiary/aromatic N) is 3. The fraction of sp³-hybridized carbons (Fsp3) is 0.353. The van der Waals surface area contributed by atoms with E-state index in [1.165, 1.54) is 5.56 Å². The lowest BCUT2D eigenvalue weighted by molar-refractivity contribution is 0.0780. The number of aryl methyl sites for hydroxylation is 1. The van der Waals surface area contributed by atoms with Gasteiger partial charge in [0.2, 0.25) is 0 Å². The molecule has 1 aliphatic heterocycles. The van der Waals surface area contributed by atoms with Gasteiger partial charge in [-0.15, -0.1) is 0 Å². The van der Waals surface area contributed by atoms with E-state index in [-0.39, 0.29) is 17.7 Å². The number of hydrogen-bond acceptors (Lipinski definition) is 4. The van der Waals surface area contributed by atoms with Gasteiger partial charge in [-0.05, 0) is 24.9 Å². The highest BCUT2D eigenvalue weighted by Gasteiger charge is 2.35. The standard InChI is InChI=1S/C17H20N4O/c1-12-8-20-16(9-19-12)17(22)21-10-14(7-18)15(11-21)13-5-3-2-4-6-13/h2-6,8-9,14-15H,7,10-11,18H2,1H3/t14-,15+/m1/s1. The maximum absolute atomic E-state index is 12.6. The van der Waals surface area contributed by atoms with Crippen molar-refractivity contribution in [3.8, 4) is 0 Å². The summed E-state index contributed by atoms with van der Waals surface area (Å²) in [6.45, 7) is 3.78. The SMILES string of the molecule is Cc1cnc(C(=O)N2C[C@@H](CN)[C@H](c3ccccc3)C2)cn1. The molecule has 5 heteroatoms. The first-order valence-corrected chi connectivity index (χ1v) is 7.52. The van der Waals surface area contributed by atoms with Gasteiger partial charge in [-0.25, -0.2) is 4.98 Å². The Morgan fingerprint density at radius 3 is 2.64 bits per heavy atom. The maximum Gasteiger partial charge on any atom is 0.274 e. The van der Waals surface area contributed by atoms with Gasteiger partial charge >= 0.3 is 0 Å². The quantitative estimate of drug-likeness (QED) is 0.934. The molecule has 2 atom stereocenters. The van der Waals surface area contributed by atoms with Gasteiger partial charge in [0.15, 0.2) is 0 Å². The Morgan fingerprint density at radius 1 is 1.23 bits per heavy atom. The summed E-state index contributed by atoms with van der Waals surface area (Å²) in [5.41, 5.74) is 8.36. The summed E-state index contributed by atoms with van der Waals surface area (Å²) < 4.78 is 0. The van der Waals surface area contributed by atoms with Gasteiger partial charge in [0.1, 0.15) is 5.69 Å². The van der Waals surface area contributed by atoms with Crippen LogP contribution in [-0.4, -0.2) is 40.4 Å². The molecule has 2 N–H and O–H groups in total. The minimum atomic E-state index is -0.0654. The topological polar surface area (TPSA) is 72.1 Å². The number of likely N-dealkylation sites (tertiary alicyclic amines) is 1. The van der Waals surface area contributed by atoms with Crippen LogP contribution >= 0.6 is 0 Å². The zero-order chi connectivity index (χ0) is 15.5. The third-order valence-corrected chi connectivity index (χ3v) is 4.26. The fourth-order valence-electron chi connectivity index (χ4n) is 3.02. The third-order valence-electron chi connectivity index (χ3n) is 4.26. The Kier molecular flexibility index (Phi) is 4.15. The van der Waals surface area contributed by atoms with Gasteiger partial charge in [-0.2, -0.15) is 0 Å². The van der Waals surface area contributed by atoms with Gasteiger partial charge in [-0.1, -0.05) is 30.3 Å². The van der Waals surface area contributed by atoms with Crippen molar-refractivity contribution in [2.45, 2.75) is 12.8 Å². The van der Waals surface area contributed by atoms with Crippen molar-refractivity contribution in [2.24, 2.45) is 11.7 Å². The van der Waals surface area contributed by atoms with Crippen LogP contribution in [0.3, 0.4) is 0 Å². The highest BCUT2D eigenvalue weighted by Crippen LogP contribution is 2.32. The number of benzene rings is 1. The van der Waals surface area contributed by atoms with Crippen molar-refractivity contribution in [2.75, 3.05) is 19.6 Å². The van der Waals surface area contributed by atoms with Gasteiger partial charge in [-0.3, -0.25) is 9.78 Å². The fourth-order valence-corrected chi connectivity index (χ4v) is 3.02. The monoisotopic (exact) mass is 296 g/mol. The molecule has 0 saturated carbocycles. The highest BCUT2D eigenvalue weighted by molar-refractivity contribution is 5.92. The predicted molar refractivity (Wildman–Crippen MR) is 84.4 cm³/mol. The van der Waals surface area contributed by atoms with Crippen LogP contribution in [0, 0.1) is 12.8 Å². The van der Waals surface area contributed by atoms with Crippen LogP contribution in [0.25, 0.3) is 0 Å². The van der Waals surface area contributed by atoms with Crippen molar-refractivity contribution >= 4 is 5.91 Å². The minimum Gasteiger partial charge on any atom is -0.336 e. The van der Waals surface area contributed by atoms with E-state index >= 15 is 0 Å². The third kappa shape index (κ3) is 2.85. The summed E-state index contributed by atoms with van der Waals surface area (Å²) in [5.74, 6) is 0.502. The van der Waals surface area contributed by atoms with E-state index in [4.69, 9.17) is 5.73 Å². The van der Waals surface area contributed by atoms with Gasteiger partial charge in [0.05, 0.1) is 11.9 Å². The molecule has 1 aliphatic rings. The van der Waals surface area contributed by atoms with Crippen LogP contribution in [0.4, 0.5) is 0 Å². The van der Waals surface area contributed by atoms with Gasteiger partial charge in [0.25, 0.3) is 5.91 Å². The Balaban J connectivity index is 1.79. The molecular weight excluding hydrogens is 276 g/mol. The molecule has 3 rings (SSSR count). The van der Waals surface area contributed by atoms with Crippen LogP contribution < -0.4 is 5.73 Å². The lowest BCUT2D eigenvalue weighted by Crippen LogP contribution is -2.30. The highest BCUT2D eigenvalue weighted by atomic mass is 16.2. The molecule has 0 aliphatic carbocycles. The van der Waals surface area contributed by atoms with Crippen LogP contribution in [0.2, 0.25) is 0 Å². The molecule has 22 heavy (non-hydrogen) atoms. The first-order chi connectivity index (χ1) is 10.7. The summed E-state index contributed by atoms with van der Waals surface area (Å²) in [5, 5.41) is 0.